The number of fused-ring (bicyclic) bond motifs is 1. The Morgan fingerprint density at radius 2 is 1.88 bits per heavy atom. The molecule has 5 rings (SSSR count). The predicted octanol–water partition coefficient (Wildman–Crippen LogP) is 5.15. The molecule has 1 aliphatic rings. The van der Waals surface area contributed by atoms with Crippen molar-refractivity contribution in [2.24, 2.45) is 7.05 Å². The first-order valence-corrected chi connectivity index (χ1v) is 14.0. The molecule has 11 heteroatoms. The van der Waals surface area contributed by atoms with Gasteiger partial charge in [-0.15, -0.1) is 0 Å². The number of aryl methyl sites for hydroxylation is 2. The van der Waals surface area contributed by atoms with Gasteiger partial charge < -0.3 is 11.1 Å². The first kappa shape index (κ1) is 26.8. The van der Waals surface area contributed by atoms with Crippen LogP contribution >= 0.6 is 10.8 Å². The first-order valence-electron chi connectivity index (χ1n) is 12.5. The SMILES string of the molecule is CC[C@H](Nc1nc(N)nc(C)c1C#N)C1=Cc2cccc(C#Cc3cnn(C)c3)c2S(O)(O)N1c1ccccc1. The van der Waals surface area contributed by atoms with Crippen molar-refractivity contribution in [3.63, 3.8) is 0 Å². The van der Waals surface area contributed by atoms with E-state index in [9.17, 15) is 14.4 Å². The van der Waals surface area contributed by atoms with Gasteiger partial charge in [-0.05, 0) is 37.6 Å². The molecule has 0 saturated heterocycles. The molecule has 0 unspecified atom stereocenters. The number of nitrogens with two attached hydrogens (primary N) is 1. The number of para-hydroxylation sites is 1. The lowest BCUT2D eigenvalue weighted by molar-refractivity contribution is 0.482. The predicted molar refractivity (Wildman–Crippen MR) is 157 cm³/mol. The van der Waals surface area contributed by atoms with Crippen LogP contribution in [0.2, 0.25) is 0 Å². The first-order chi connectivity index (χ1) is 19.2. The zero-order chi connectivity index (χ0) is 28.4. The third kappa shape index (κ3) is 4.97. The number of hydrogen-bond acceptors (Lipinski definition) is 9. The molecule has 1 atom stereocenters. The number of hydrogen-bond donors (Lipinski definition) is 4. The van der Waals surface area contributed by atoms with E-state index < -0.39 is 16.8 Å². The smallest absolute Gasteiger partial charge is 0.222 e. The fraction of sp³-hybridized carbons (Fsp3) is 0.172. The second kappa shape index (κ2) is 10.8. The van der Waals surface area contributed by atoms with Crippen LogP contribution < -0.4 is 15.4 Å². The number of benzene rings is 2. The number of anilines is 3. The van der Waals surface area contributed by atoms with Gasteiger partial charge in [-0.1, -0.05) is 59.9 Å². The van der Waals surface area contributed by atoms with E-state index in [4.69, 9.17) is 5.73 Å². The fourth-order valence-electron chi connectivity index (χ4n) is 4.64. The quantitative estimate of drug-likeness (QED) is 0.247. The van der Waals surface area contributed by atoms with Crippen LogP contribution in [0.15, 0.2) is 71.5 Å². The van der Waals surface area contributed by atoms with Crippen LogP contribution in [-0.4, -0.2) is 34.9 Å². The highest BCUT2D eigenvalue weighted by atomic mass is 32.3. The standard InChI is InChI=1S/C29H28N8O2S/c1-4-25(34-28-24(16-30)19(2)33-29(31)35-28)26-15-22-10-8-9-21(14-13-20-17-32-36(3)18-20)27(22)40(38,39)37(26)23-11-6-5-7-12-23/h5-12,15,17-18,25,38-39H,4H2,1-3H3,(H3,31,33,34,35)/t25-/m0/s1. The number of nitriles is 1. The Hall–Kier alpha value is -4.81. The second-order valence-corrected chi connectivity index (χ2v) is 11.0. The monoisotopic (exact) mass is 552 g/mol. The Morgan fingerprint density at radius 1 is 1.10 bits per heavy atom. The van der Waals surface area contributed by atoms with Crippen molar-refractivity contribution in [2.45, 2.75) is 31.2 Å². The molecule has 202 valence electrons. The molecule has 1 aliphatic heterocycles. The second-order valence-electron chi connectivity index (χ2n) is 9.20. The van der Waals surface area contributed by atoms with E-state index in [1.54, 1.807) is 34.4 Å². The molecule has 0 fully saturated rings. The van der Waals surface area contributed by atoms with Gasteiger partial charge in [0.2, 0.25) is 5.95 Å². The highest BCUT2D eigenvalue weighted by molar-refractivity contribution is 8.25. The van der Waals surface area contributed by atoms with Crippen molar-refractivity contribution in [1.82, 2.24) is 19.7 Å². The maximum atomic E-state index is 12.0. The summed E-state index contributed by atoms with van der Waals surface area (Å²) in [7, 11) is -1.80. The molecule has 0 radical (unpaired) electrons. The van der Waals surface area contributed by atoms with Gasteiger partial charge in [-0.3, -0.25) is 13.8 Å². The van der Waals surface area contributed by atoms with Crippen LogP contribution in [0.5, 0.6) is 0 Å². The molecule has 2 aromatic heterocycles. The lowest BCUT2D eigenvalue weighted by atomic mass is 10.0. The molecular formula is C29H28N8O2S. The van der Waals surface area contributed by atoms with Gasteiger partial charge in [-0.2, -0.15) is 15.3 Å². The molecule has 0 saturated carbocycles. The Morgan fingerprint density at radius 3 is 2.55 bits per heavy atom. The lowest BCUT2D eigenvalue weighted by Crippen LogP contribution is -2.39. The summed E-state index contributed by atoms with van der Waals surface area (Å²) in [6.45, 7) is 3.65. The normalized spacial score (nSPS) is 15.1. The van der Waals surface area contributed by atoms with E-state index in [2.05, 4.69) is 38.3 Å². The van der Waals surface area contributed by atoms with E-state index in [1.165, 1.54) is 0 Å². The highest BCUT2D eigenvalue weighted by Crippen LogP contribution is 2.61. The molecule has 3 heterocycles. The van der Waals surface area contributed by atoms with Crippen LogP contribution in [0.4, 0.5) is 17.5 Å². The summed E-state index contributed by atoms with van der Waals surface area (Å²) >= 11 is 0. The fourth-order valence-corrected chi connectivity index (χ4v) is 6.57. The van der Waals surface area contributed by atoms with Crippen LogP contribution in [0.25, 0.3) is 6.08 Å². The van der Waals surface area contributed by atoms with Gasteiger partial charge in [0.1, 0.15) is 22.3 Å². The summed E-state index contributed by atoms with van der Waals surface area (Å²) in [5, 5.41) is 17.2. The van der Waals surface area contributed by atoms with Crippen molar-refractivity contribution >= 4 is 34.3 Å². The highest BCUT2D eigenvalue weighted by Gasteiger charge is 2.38. The molecule has 0 spiro atoms. The van der Waals surface area contributed by atoms with E-state index >= 15 is 0 Å². The Labute approximate surface area is 234 Å². The van der Waals surface area contributed by atoms with Gasteiger partial charge >= 0.3 is 0 Å². The minimum absolute atomic E-state index is 0.0397. The van der Waals surface area contributed by atoms with Crippen molar-refractivity contribution in [3.8, 4) is 17.9 Å². The van der Waals surface area contributed by atoms with Crippen LogP contribution in [0.3, 0.4) is 0 Å². The van der Waals surface area contributed by atoms with E-state index in [-0.39, 0.29) is 17.3 Å². The van der Waals surface area contributed by atoms with Gasteiger partial charge in [0.15, 0.2) is 0 Å². The number of nitrogen functional groups attached to an aromatic ring is 1. The minimum Gasteiger partial charge on any atom is -0.368 e. The van der Waals surface area contributed by atoms with E-state index in [1.807, 2.05) is 62.5 Å². The maximum Gasteiger partial charge on any atom is 0.222 e. The van der Waals surface area contributed by atoms with Gasteiger partial charge in [0, 0.05) is 18.8 Å². The molecule has 0 amide bonds. The van der Waals surface area contributed by atoms with Crippen LogP contribution in [-0.2, 0) is 7.05 Å². The zero-order valence-corrected chi connectivity index (χ0v) is 23.0. The van der Waals surface area contributed by atoms with Crippen LogP contribution in [0.1, 0.15) is 41.3 Å². The summed E-state index contributed by atoms with van der Waals surface area (Å²) in [5.41, 5.74) is 9.67. The van der Waals surface area contributed by atoms with Gasteiger partial charge in [-0.25, -0.2) is 9.29 Å². The average Bonchev–Trinajstić information content (AvgIpc) is 3.35. The molecule has 40 heavy (non-hydrogen) atoms. The number of nitrogens with zero attached hydrogens (tertiary/aromatic N) is 6. The zero-order valence-electron chi connectivity index (χ0n) is 22.2. The summed E-state index contributed by atoms with van der Waals surface area (Å²) in [5.74, 6) is 6.51. The molecule has 5 N–H and O–H groups in total. The number of rotatable bonds is 5. The largest absolute Gasteiger partial charge is 0.368 e. The lowest BCUT2D eigenvalue weighted by Gasteiger charge is -2.50. The molecule has 4 aromatic rings. The Bertz CT molecular complexity index is 1710. The van der Waals surface area contributed by atoms with Crippen molar-refractivity contribution in [1.29, 1.82) is 5.26 Å². The van der Waals surface area contributed by atoms with E-state index in [0.29, 0.717) is 45.1 Å². The maximum absolute atomic E-state index is 12.0. The van der Waals surface area contributed by atoms with E-state index in [0.717, 1.165) is 0 Å². The molecule has 2 aromatic carbocycles. The minimum atomic E-state index is -3.62. The number of aromatic nitrogens is 4. The van der Waals surface area contributed by atoms with Crippen molar-refractivity contribution in [2.75, 3.05) is 15.4 Å². The van der Waals surface area contributed by atoms with Gasteiger partial charge in [0.25, 0.3) is 0 Å². The average molecular weight is 553 g/mol. The third-order valence-electron chi connectivity index (χ3n) is 6.44. The molecule has 0 bridgehead atoms. The topological polar surface area (TPSA) is 149 Å². The van der Waals surface area contributed by atoms with Crippen LogP contribution in [0, 0.1) is 30.1 Å². The Balaban J connectivity index is 1.68. The molecular weight excluding hydrogens is 524 g/mol. The van der Waals surface area contributed by atoms with Gasteiger partial charge in [0.05, 0.1) is 40.4 Å². The van der Waals surface area contributed by atoms with Crippen molar-refractivity contribution < 1.29 is 9.11 Å². The summed E-state index contributed by atoms with van der Waals surface area (Å²) in [4.78, 5) is 8.72. The summed E-state index contributed by atoms with van der Waals surface area (Å²) in [6.07, 6.45) is 5.90. The molecule has 10 nitrogen and oxygen atoms in total. The Kier molecular flexibility index (Phi) is 7.20. The third-order valence-corrected chi connectivity index (χ3v) is 8.38. The molecule has 0 aliphatic carbocycles. The number of nitrogens with one attached hydrogen (secondary N) is 1. The summed E-state index contributed by atoms with van der Waals surface area (Å²) < 4.78 is 27.2. The summed E-state index contributed by atoms with van der Waals surface area (Å²) in [6, 6.07) is 16.3. The van der Waals surface area contributed by atoms with Crippen molar-refractivity contribution in [3.05, 3.63) is 94.6 Å².